The second-order valence-electron chi connectivity index (χ2n) is 6.89. The largest absolute Gasteiger partial charge is 0.378 e. The van der Waals surface area contributed by atoms with Crippen molar-refractivity contribution >= 4 is 24.0 Å². The average Bonchev–Trinajstić information content (AvgIpc) is 2.54. The van der Waals surface area contributed by atoms with Crippen molar-refractivity contribution in [2.45, 2.75) is 51.8 Å². The molecule has 0 aromatic heterocycles. The summed E-state index contributed by atoms with van der Waals surface area (Å²) in [5.41, 5.74) is 5.52. The Kier molecular flexibility index (Phi) is 6.55. The zero-order valence-corrected chi connectivity index (χ0v) is 15.8. The van der Waals surface area contributed by atoms with E-state index >= 15 is 0 Å². The molecule has 1 saturated carbocycles. The van der Waals surface area contributed by atoms with Crippen LogP contribution in [-0.4, -0.2) is 29.1 Å². The van der Waals surface area contributed by atoms with E-state index in [-0.39, 0.29) is 36.1 Å². The van der Waals surface area contributed by atoms with Crippen LogP contribution in [0.15, 0.2) is 24.3 Å². The average molecular weight is 372 g/mol. The van der Waals surface area contributed by atoms with Crippen molar-refractivity contribution in [3.63, 3.8) is 0 Å². The van der Waals surface area contributed by atoms with Crippen LogP contribution < -0.4 is 11.1 Å². The number of nitro benzene ring substituents is 1. The Bertz CT molecular complexity index is 653. The Morgan fingerprint density at radius 1 is 1.52 bits per heavy atom. The molecule has 0 aliphatic heterocycles. The molecule has 0 heterocycles. The number of hydrogen-bond donors (Lipinski definition) is 2. The SMILES string of the molecule is CCOC1CC(N)(C(=O)NC(C)c2cccc([N+](=O)[O-])c2)C1(C)C.Cl. The lowest BCUT2D eigenvalue weighted by molar-refractivity contribution is -0.384. The maximum absolute atomic E-state index is 12.7. The van der Waals surface area contributed by atoms with Gasteiger partial charge in [-0.2, -0.15) is 0 Å². The summed E-state index contributed by atoms with van der Waals surface area (Å²) in [6.07, 6.45) is 0.410. The highest BCUT2D eigenvalue weighted by Gasteiger charge is 2.62. The molecule has 0 saturated heterocycles. The van der Waals surface area contributed by atoms with E-state index in [0.29, 0.717) is 18.6 Å². The number of nitrogens with one attached hydrogen (secondary N) is 1. The highest BCUT2D eigenvalue weighted by atomic mass is 35.5. The number of nitro groups is 1. The van der Waals surface area contributed by atoms with Gasteiger partial charge in [-0.25, -0.2) is 0 Å². The van der Waals surface area contributed by atoms with Crippen LogP contribution in [0.4, 0.5) is 5.69 Å². The zero-order valence-electron chi connectivity index (χ0n) is 14.9. The maximum Gasteiger partial charge on any atom is 0.269 e. The van der Waals surface area contributed by atoms with Gasteiger partial charge in [0.1, 0.15) is 5.54 Å². The summed E-state index contributed by atoms with van der Waals surface area (Å²) in [6.45, 7) is 8.13. The van der Waals surface area contributed by atoms with E-state index in [1.807, 2.05) is 20.8 Å². The number of halogens is 1. The second kappa shape index (κ2) is 7.68. The van der Waals surface area contributed by atoms with Gasteiger partial charge in [0.25, 0.3) is 5.69 Å². The molecule has 3 unspecified atom stereocenters. The Morgan fingerprint density at radius 3 is 2.68 bits per heavy atom. The van der Waals surface area contributed by atoms with Crippen LogP contribution in [0.1, 0.15) is 45.7 Å². The number of benzene rings is 1. The number of hydrogen-bond acceptors (Lipinski definition) is 5. The topological polar surface area (TPSA) is 107 Å². The molecule has 3 N–H and O–H groups in total. The third-order valence-corrected chi connectivity index (χ3v) is 5.16. The molecule has 3 atom stereocenters. The van der Waals surface area contributed by atoms with Crippen LogP contribution in [0.3, 0.4) is 0 Å². The predicted octanol–water partition coefficient (Wildman–Crippen LogP) is 2.73. The van der Waals surface area contributed by atoms with Gasteiger partial charge in [0, 0.05) is 30.6 Å². The molecule has 1 aromatic carbocycles. The summed E-state index contributed by atoms with van der Waals surface area (Å²) in [5, 5.41) is 13.8. The van der Waals surface area contributed by atoms with Gasteiger partial charge in [0.15, 0.2) is 0 Å². The van der Waals surface area contributed by atoms with Crippen molar-refractivity contribution in [2.75, 3.05) is 6.61 Å². The van der Waals surface area contributed by atoms with E-state index in [0.717, 1.165) is 0 Å². The van der Waals surface area contributed by atoms with Crippen molar-refractivity contribution in [1.29, 1.82) is 0 Å². The van der Waals surface area contributed by atoms with E-state index < -0.39 is 15.9 Å². The fourth-order valence-electron chi connectivity index (χ4n) is 3.14. The number of nitrogens with two attached hydrogens (primary N) is 1. The smallest absolute Gasteiger partial charge is 0.269 e. The standard InChI is InChI=1S/C17H25N3O4.ClH/c1-5-24-14-10-17(18,16(14,3)4)15(21)19-11(2)12-7-6-8-13(9-12)20(22)23;/h6-9,11,14H,5,10,18H2,1-4H3,(H,19,21);1H. The number of ether oxygens (including phenoxy) is 1. The number of carbonyl (C=O) groups is 1. The molecular weight excluding hydrogens is 346 g/mol. The lowest BCUT2D eigenvalue weighted by Gasteiger charge is -2.57. The number of rotatable bonds is 6. The third kappa shape index (κ3) is 3.78. The molecule has 2 rings (SSSR count). The van der Waals surface area contributed by atoms with Gasteiger partial charge >= 0.3 is 0 Å². The number of nitrogens with zero attached hydrogens (tertiary/aromatic N) is 1. The summed E-state index contributed by atoms with van der Waals surface area (Å²) in [6, 6.07) is 5.86. The third-order valence-electron chi connectivity index (χ3n) is 5.16. The van der Waals surface area contributed by atoms with Crippen LogP contribution in [0.5, 0.6) is 0 Å². The van der Waals surface area contributed by atoms with E-state index in [2.05, 4.69) is 5.32 Å². The Balaban J connectivity index is 0.00000312. The van der Waals surface area contributed by atoms with Crippen molar-refractivity contribution in [3.8, 4) is 0 Å². The minimum Gasteiger partial charge on any atom is -0.378 e. The van der Waals surface area contributed by atoms with Crippen molar-refractivity contribution in [3.05, 3.63) is 39.9 Å². The summed E-state index contributed by atoms with van der Waals surface area (Å²) < 4.78 is 5.64. The highest BCUT2D eigenvalue weighted by Crippen LogP contribution is 2.50. The first-order valence-electron chi connectivity index (χ1n) is 8.09. The molecule has 0 bridgehead atoms. The lowest BCUT2D eigenvalue weighted by Crippen LogP contribution is -2.75. The van der Waals surface area contributed by atoms with Crippen LogP contribution in [0.2, 0.25) is 0 Å². The second-order valence-corrected chi connectivity index (χ2v) is 6.89. The van der Waals surface area contributed by atoms with Crippen LogP contribution in [0, 0.1) is 15.5 Å². The Morgan fingerprint density at radius 2 is 2.16 bits per heavy atom. The van der Waals surface area contributed by atoms with E-state index in [9.17, 15) is 14.9 Å². The van der Waals surface area contributed by atoms with Crippen molar-refractivity contribution < 1.29 is 14.5 Å². The van der Waals surface area contributed by atoms with Gasteiger partial charge in [-0.05, 0) is 19.4 Å². The van der Waals surface area contributed by atoms with Gasteiger partial charge in [0.2, 0.25) is 5.91 Å². The van der Waals surface area contributed by atoms with E-state index in [1.54, 1.807) is 19.1 Å². The molecular formula is C17H26ClN3O4. The van der Waals surface area contributed by atoms with E-state index in [1.165, 1.54) is 12.1 Å². The maximum atomic E-state index is 12.7. The summed E-state index contributed by atoms with van der Waals surface area (Å²) >= 11 is 0. The summed E-state index contributed by atoms with van der Waals surface area (Å²) in [5.74, 6) is -0.262. The molecule has 0 spiro atoms. The first-order valence-corrected chi connectivity index (χ1v) is 8.09. The summed E-state index contributed by atoms with van der Waals surface area (Å²) in [4.78, 5) is 23.1. The fourth-order valence-corrected chi connectivity index (χ4v) is 3.14. The first kappa shape index (κ1) is 21.3. The molecule has 0 radical (unpaired) electrons. The fraction of sp³-hybridized carbons (Fsp3) is 0.588. The van der Waals surface area contributed by atoms with Crippen LogP contribution in [-0.2, 0) is 9.53 Å². The van der Waals surface area contributed by atoms with Crippen molar-refractivity contribution in [1.82, 2.24) is 5.32 Å². The summed E-state index contributed by atoms with van der Waals surface area (Å²) in [7, 11) is 0. The molecule has 1 aliphatic rings. The minimum absolute atomic E-state index is 0. The molecule has 140 valence electrons. The molecule has 1 amide bonds. The molecule has 7 nitrogen and oxygen atoms in total. The number of carbonyl (C=O) groups excluding carboxylic acids is 1. The van der Waals surface area contributed by atoms with Gasteiger partial charge in [-0.1, -0.05) is 26.0 Å². The molecule has 1 fully saturated rings. The van der Waals surface area contributed by atoms with Gasteiger partial charge in [0.05, 0.1) is 17.1 Å². The van der Waals surface area contributed by atoms with Crippen molar-refractivity contribution in [2.24, 2.45) is 11.1 Å². The van der Waals surface area contributed by atoms with Crippen LogP contribution in [0.25, 0.3) is 0 Å². The normalized spacial score (nSPS) is 25.2. The number of amides is 1. The van der Waals surface area contributed by atoms with Gasteiger partial charge in [-0.15, -0.1) is 12.4 Å². The predicted molar refractivity (Wildman–Crippen MR) is 97.6 cm³/mol. The Hall–Kier alpha value is -1.70. The molecule has 25 heavy (non-hydrogen) atoms. The molecule has 1 aliphatic carbocycles. The zero-order chi connectivity index (χ0) is 18.1. The minimum atomic E-state index is -1.01. The monoisotopic (exact) mass is 371 g/mol. The first-order chi connectivity index (χ1) is 11.1. The van der Waals surface area contributed by atoms with Crippen LogP contribution >= 0.6 is 12.4 Å². The van der Waals surface area contributed by atoms with Gasteiger partial charge in [-0.3, -0.25) is 14.9 Å². The lowest BCUT2D eigenvalue weighted by atomic mass is 9.54. The quantitative estimate of drug-likeness (QED) is 0.590. The van der Waals surface area contributed by atoms with Gasteiger partial charge < -0.3 is 15.8 Å². The molecule has 1 aromatic rings. The Labute approximate surface area is 153 Å². The number of non-ortho nitro benzene ring substituents is 1. The highest BCUT2D eigenvalue weighted by molar-refractivity contribution is 5.89. The van der Waals surface area contributed by atoms with E-state index in [4.69, 9.17) is 10.5 Å². The molecule has 8 heteroatoms.